The van der Waals surface area contributed by atoms with Gasteiger partial charge >= 0.3 is 0 Å². The minimum atomic E-state index is -0.180. The maximum Gasteiger partial charge on any atom is 0.0862 e. The number of nitrogens with two attached hydrogens (primary N) is 1. The monoisotopic (exact) mass is 220 g/mol. The summed E-state index contributed by atoms with van der Waals surface area (Å²) in [6, 6.07) is 8.39. The molecule has 2 atom stereocenters. The van der Waals surface area contributed by atoms with Gasteiger partial charge in [0.15, 0.2) is 0 Å². The molecule has 0 amide bonds. The van der Waals surface area contributed by atoms with Crippen molar-refractivity contribution < 1.29 is 4.74 Å². The second kappa shape index (κ2) is 4.53. The molecule has 0 saturated carbocycles. The first kappa shape index (κ1) is 11.6. The van der Waals surface area contributed by atoms with E-state index < -0.39 is 0 Å². The molecule has 2 unspecified atom stereocenters. The maximum absolute atomic E-state index is 5.86. The summed E-state index contributed by atoms with van der Waals surface area (Å²) >= 11 is 0. The van der Waals surface area contributed by atoms with Gasteiger partial charge in [0, 0.05) is 6.61 Å². The number of hydrogen-bond donors (Lipinski definition) is 2. The van der Waals surface area contributed by atoms with Crippen molar-refractivity contribution >= 4 is 0 Å². The third-order valence-electron chi connectivity index (χ3n) is 3.53. The normalized spacial score (nSPS) is 26.9. The largest absolute Gasteiger partial charge is 0.373 e. The summed E-state index contributed by atoms with van der Waals surface area (Å²) in [5.41, 5.74) is 5.22. The van der Waals surface area contributed by atoms with Crippen LogP contribution in [0.3, 0.4) is 0 Å². The lowest BCUT2D eigenvalue weighted by Crippen LogP contribution is -2.44. The van der Waals surface area contributed by atoms with Crippen LogP contribution >= 0.6 is 0 Å². The Bertz CT molecular complexity index is 359. The molecule has 3 N–H and O–H groups in total. The Hall–Kier alpha value is -0.900. The molecular weight excluding hydrogens is 200 g/mol. The fraction of sp³-hybridized carbons (Fsp3) is 0.538. The molecule has 88 valence electrons. The zero-order chi connectivity index (χ0) is 11.6. The van der Waals surface area contributed by atoms with Crippen LogP contribution in [0.15, 0.2) is 24.3 Å². The van der Waals surface area contributed by atoms with Gasteiger partial charge in [-0.2, -0.15) is 0 Å². The number of benzene rings is 1. The van der Waals surface area contributed by atoms with Crippen LogP contribution in [0.25, 0.3) is 0 Å². The van der Waals surface area contributed by atoms with Crippen molar-refractivity contribution in [2.75, 3.05) is 6.61 Å². The Labute approximate surface area is 97.0 Å². The Balaban J connectivity index is 2.32. The van der Waals surface area contributed by atoms with Crippen molar-refractivity contribution in [1.82, 2.24) is 5.43 Å². The lowest BCUT2D eigenvalue weighted by atomic mass is 9.86. The molecule has 0 aliphatic carbocycles. The minimum Gasteiger partial charge on any atom is -0.373 e. The van der Waals surface area contributed by atoms with Gasteiger partial charge in [-0.15, -0.1) is 0 Å². The number of rotatable bonds is 3. The zero-order valence-corrected chi connectivity index (χ0v) is 9.99. The summed E-state index contributed by atoms with van der Waals surface area (Å²) in [7, 11) is 0. The van der Waals surface area contributed by atoms with Crippen molar-refractivity contribution in [2.24, 2.45) is 5.84 Å². The highest BCUT2D eigenvalue weighted by atomic mass is 16.5. The minimum absolute atomic E-state index is 0.0659. The highest BCUT2D eigenvalue weighted by Gasteiger charge is 2.39. The Morgan fingerprint density at radius 3 is 2.75 bits per heavy atom. The van der Waals surface area contributed by atoms with E-state index in [4.69, 9.17) is 10.6 Å². The van der Waals surface area contributed by atoms with E-state index in [0.717, 1.165) is 19.4 Å². The first-order valence-electron chi connectivity index (χ1n) is 5.83. The average molecular weight is 220 g/mol. The highest BCUT2D eigenvalue weighted by Crippen LogP contribution is 2.37. The molecule has 1 aliphatic heterocycles. The summed E-state index contributed by atoms with van der Waals surface area (Å²) < 4.78 is 5.86. The van der Waals surface area contributed by atoms with Gasteiger partial charge in [-0.05, 0) is 37.8 Å². The van der Waals surface area contributed by atoms with E-state index in [1.165, 1.54) is 11.1 Å². The highest BCUT2D eigenvalue weighted by molar-refractivity contribution is 5.31. The third-order valence-corrected chi connectivity index (χ3v) is 3.53. The van der Waals surface area contributed by atoms with Gasteiger partial charge in [0.25, 0.3) is 0 Å². The van der Waals surface area contributed by atoms with Gasteiger partial charge in [-0.25, -0.2) is 0 Å². The van der Waals surface area contributed by atoms with Gasteiger partial charge in [0.05, 0.1) is 11.6 Å². The SMILES string of the molecule is Cc1ccccc1C(NN)C1(C)CCCO1. The Kier molecular flexibility index (Phi) is 3.28. The Morgan fingerprint density at radius 1 is 1.44 bits per heavy atom. The molecule has 1 aromatic carbocycles. The van der Waals surface area contributed by atoms with E-state index in [2.05, 4.69) is 31.4 Å². The van der Waals surface area contributed by atoms with E-state index >= 15 is 0 Å². The van der Waals surface area contributed by atoms with Crippen LogP contribution in [0.2, 0.25) is 0 Å². The van der Waals surface area contributed by atoms with Crippen LogP contribution in [-0.4, -0.2) is 12.2 Å². The standard InChI is InChI=1S/C13H20N2O/c1-10-6-3-4-7-11(10)12(15-14)13(2)8-5-9-16-13/h3-4,6-7,12,15H,5,8-9,14H2,1-2H3. The molecule has 0 bridgehead atoms. The predicted molar refractivity (Wildman–Crippen MR) is 64.8 cm³/mol. The summed E-state index contributed by atoms with van der Waals surface area (Å²) in [6.45, 7) is 5.08. The van der Waals surface area contributed by atoms with Gasteiger partial charge in [-0.1, -0.05) is 24.3 Å². The first-order valence-corrected chi connectivity index (χ1v) is 5.83. The Morgan fingerprint density at radius 2 is 2.19 bits per heavy atom. The number of hydrazine groups is 1. The van der Waals surface area contributed by atoms with E-state index in [9.17, 15) is 0 Å². The smallest absolute Gasteiger partial charge is 0.0862 e. The van der Waals surface area contributed by atoms with E-state index in [0.29, 0.717) is 0 Å². The third kappa shape index (κ3) is 1.98. The molecule has 1 fully saturated rings. The van der Waals surface area contributed by atoms with Crippen molar-refractivity contribution in [3.05, 3.63) is 35.4 Å². The van der Waals surface area contributed by atoms with Gasteiger partial charge < -0.3 is 4.74 Å². The molecule has 2 rings (SSSR count). The van der Waals surface area contributed by atoms with E-state index in [1.54, 1.807) is 0 Å². The number of nitrogens with one attached hydrogen (secondary N) is 1. The number of aryl methyl sites for hydroxylation is 1. The van der Waals surface area contributed by atoms with Crippen LogP contribution in [0, 0.1) is 6.92 Å². The molecule has 16 heavy (non-hydrogen) atoms. The van der Waals surface area contributed by atoms with E-state index in [1.807, 2.05) is 12.1 Å². The van der Waals surface area contributed by atoms with Gasteiger partial charge in [0.1, 0.15) is 0 Å². The molecule has 0 spiro atoms. The molecule has 1 aromatic rings. The van der Waals surface area contributed by atoms with Crippen molar-refractivity contribution in [2.45, 2.75) is 38.3 Å². The van der Waals surface area contributed by atoms with Crippen LogP contribution < -0.4 is 11.3 Å². The van der Waals surface area contributed by atoms with Crippen molar-refractivity contribution in [3.63, 3.8) is 0 Å². The molecule has 0 radical (unpaired) electrons. The zero-order valence-electron chi connectivity index (χ0n) is 9.99. The molecule has 3 nitrogen and oxygen atoms in total. The molecule has 1 saturated heterocycles. The second-order valence-corrected chi connectivity index (χ2v) is 4.72. The van der Waals surface area contributed by atoms with Crippen LogP contribution in [0.1, 0.15) is 36.9 Å². The van der Waals surface area contributed by atoms with Crippen molar-refractivity contribution in [1.29, 1.82) is 0 Å². The summed E-state index contributed by atoms with van der Waals surface area (Å²) in [5, 5.41) is 0. The summed E-state index contributed by atoms with van der Waals surface area (Å²) in [6.07, 6.45) is 2.16. The van der Waals surface area contributed by atoms with E-state index in [-0.39, 0.29) is 11.6 Å². The molecule has 3 heteroatoms. The maximum atomic E-state index is 5.86. The average Bonchev–Trinajstić information content (AvgIpc) is 2.70. The summed E-state index contributed by atoms with van der Waals surface area (Å²) in [5.74, 6) is 5.71. The number of ether oxygens (including phenoxy) is 1. The fourth-order valence-corrected chi connectivity index (χ4v) is 2.53. The van der Waals surface area contributed by atoms with Crippen LogP contribution in [-0.2, 0) is 4.74 Å². The topological polar surface area (TPSA) is 47.3 Å². The quantitative estimate of drug-likeness (QED) is 0.605. The lowest BCUT2D eigenvalue weighted by Gasteiger charge is -2.34. The summed E-state index contributed by atoms with van der Waals surface area (Å²) in [4.78, 5) is 0. The second-order valence-electron chi connectivity index (χ2n) is 4.72. The molecule has 0 aromatic heterocycles. The predicted octanol–water partition coefficient (Wildman–Crippen LogP) is 2.07. The fourth-order valence-electron chi connectivity index (χ4n) is 2.53. The van der Waals surface area contributed by atoms with Gasteiger partial charge in [-0.3, -0.25) is 11.3 Å². The first-order chi connectivity index (χ1) is 7.67. The van der Waals surface area contributed by atoms with Gasteiger partial charge in [0.2, 0.25) is 0 Å². The van der Waals surface area contributed by atoms with Crippen molar-refractivity contribution in [3.8, 4) is 0 Å². The number of hydrogen-bond acceptors (Lipinski definition) is 3. The lowest BCUT2D eigenvalue weighted by molar-refractivity contribution is -0.0127. The molecule has 1 heterocycles. The van der Waals surface area contributed by atoms with Crippen LogP contribution in [0.4, 0.5) is 0 Å². The van der Waals surface area contributed by atoms with Crippen LogP contribution in [0.5, 0.6) is 0 Å². The molecular formula is C13H20N2O. The molecule has 1 aliphatic rings.